The van der Waals surface area contributed by atoms with Crippen molar-refractivity contribution in [1.29, 1.82) is 0 Å². The molecule has 0 amide bonds. The van der Waals surface area contributed by atoms with Crippen molar-refractivity contribution in [3.05, 3.63) is 0 Å². The van der Waals surface area contributed by atoms with Crippen LogP contribution in [0, 0.1) is 0 Å². The SMILES string of the molecule is CCOC(=O)OF.[H-].[K+]. The van der Waals surface area contributed by atoms with Gasteiger partial charge in [-0.3, -0.25) is 0 Å². The Morgan fingerprint density at radius 2 is 2.38 bits per heavy atom. The summed E-state index contributed by atoms with van der Waals surface area (Å²) in [6, 6.07) is 0. The minimum atomic E-state index is -1.29. The summed E-state index contributed by atoms with van der Waals surface area (Å²) in [7, 11) is 0. The Morgan fingerprint density at radius 3 is 2.50 bits per heavy atom. The molecule has 0 rings (SSSR count). The maximum Gasteiger partial charge on any atom is 1.00 e. The van der Waals surface area contributed by atoms with Crippen LogP contribution in [0.1, 0.15) is 8.35 Å². The van der Waals surface area contributed by atoms with E-state index in [4.69, 9.17) is 0 Å². The molecule has 3 nitrogen and oxygen atoms in total. The number of hydrogen-bond acceptors (Lipinski definition) is 3. The van der Waals surface area contributed by atoms with Gasteiger partial charge in [0.05, 0.1) is 6.61 Å². The third kappa shape index (κ3) is 6.84. The minimum Gasteiger partial charge on any atom is -1.00 e. The molecule has 0 aromatic heterocycles. The molecule has 5 heteroatoms. The van der Waals surface area contributed by atoms with Crippen molar-refractivity contribution in [3.8, 4) is 0 Å². The number of carbonyl (C=O) groups excluding carboxylic acids is 1. The van der Waals surface area contributed by atoms with Gasteiger partial charge in [0.2, 0.25) is 0 Å². The van der Waals surface area contributed by atoms with E-state index in [2.05, 4.69) is 9.68 Å². The van der Waals surface area contributed by atoms with E-state index < -0.39 is 6.16 Å². The zero-order valence-electron chi connectivity index (χ0n) is 5.81. The number of rotatable bonds is 1. The van der Waals surface area contributed by atoms with Crippen LogP contribution in [0.5, 0.6) is 0 Å². The van der Waals surface area contributed by atoms with Crippen molar-refractivity contribution >= 4 is 6.16 Å². The van der Waals surface area contributed by atoms with Crippen LogP contribution < -0.4 is 51.4 Å². The second-order valence-corrected chi connectivity index (χ2v) is 0.760. The van der Waals surface area contributed by atoms with Crippen molar-refractivity contribution < 1.29 is 71.8 Å². The van der Waals surface area contributed by atoms with Gasteiger partial charge >= 0.3 is 57.5 Å². The van der Waals surface area contributed by atoms with E-state index in [1.165, 1.54) is 0 Å². The molecule has 0 fully saturated rings. The molecule has 0 aliphatic rings. The van der Waals surface area contributed by atoms with E-state index in [1.807, 2.05) is 0 Å². The summed E-state index contributed by atoms with van der Waals surface area (Å²) < 4.78 is 14.6. The first kappa shape index (κ1) is 11.6. The van der Waals surface area contributed by atoms with Gasteiger partial charge in [0.1, 0.15) is 0 Å². The maximum absolute atomic E-state index is 10.6. The number of carbonyl (C=O) groups is 1. The molecule has 0 saturated carbocycles. The molecule has 0 spiro atoms. The fourth-order valence-corrected chi connectivity index (χ4v) is 0.140. The second-order valence-electron chi connectivity index (χ2n) is 0.760. The number of ether oxygens (including phenoxy) is 1. The normalized spacial score (nSPS) is 6.75. The molecule has 8 heavy (non-hydrogen) atoms. The first-order valence-electron chi connectivity index (χ1n) is 1.76. The maximum atomic E-state index is 10.6. The van der Waals surface area contributed by atoms with Gasteiger partial charge in [-0.1, -0.05) is 0 Å². The topological polar surface area (TPSA) is 35.5 Å². The Balaban J connectivity index is -0.000000180. The Morgan fingerprint density at radius 1 is 1.88 bits per heavy atom. The first-order valence-corrected chi connectivity index (χ1v) is 1.76. The van der Waals surface area contributed by atoms with E-state index in [-0.39, 0.29) is 59.4 Å². The molecule has 0 aliphatic carbocycles. The van der Waals surface area contributed by atoms with Crippen molar-refractivity contribution in [1.82, 2.24) is 0 Å². The van der Waals surface area contributed by atoms with Crippen LogP contribution in [-0.2, 0) is 9.68 Å². The van der Waals surface area contributed by atoms with Gasteiger partial charge in [0, 0.05) is 4.53 Å². The zero-order valence-corrected chi connectivity index (χ0v) is 7.93. The third-order valence-corrected chi connectivity index (χ3v) is 0.325. The van der Waals surface area contributed by atoms with Gasteiger partial charge in [-0.25, -0.2) is 9.74 Å². The number of halogens is 1. The first-order chi connectivity index (χ1) is 3.31. The van der Waals surface area contributed by atoms with E-state index in [0.717, 1.165) is 0 Å². The molecular formula is C3H6FKO3. The van der Waals surface area contributed by atoms with E-state index in [0.29, 0.717) is 0 Å². The summed E-state index contributed by atoms with van der Waals surface area (Å²) in [5.74, 6) is 0. The van der Waals surface area contributed by atoms with Gasteiger partial charge in [-0.05, 0) is 6.92 Å². The zero-order chi connectivity index (χ0) is 5.70. The van der Waals surface area contributed by atoms with Crippen LogP contribution in [-0.4, -0.2) is 12.8 Å². The molecular weight excluding hydrogens is 142 g/mol. The number of hydrogen-bond donors (Lipinski definition) is 0. The minimum absolute atomic E-state index is 0. The summed E-state index contributed by atoms with van der Waals surface area (Å²) >= 11 is 0. The smallest absolute Gasteiger partial charge is 1.00 e. The molecule has 0 aromatic rings. The standard InChI is InChI=1S/C3H5FO3.K.H/c1-2-6-3(5)7-4;;/h2H2,1H3;;/q;+1;-1. The Kier molecular flexibility index (Phi) is 11.4. The summed E-state index contributed by atoms with van der Waals surface area (Å²) in [5.41, 5.74) is 0. The van der Waals surface area contributed by atoms with Gasteiger partial charge < -0.3 is 6.16 Å². The monoisotopic (exact) mass is 148 g/mol. The van der Waals surface area contributed by atoms with Crippen LogP contribution in [0.4, 0.5) is 9.32 Å². The fourth-order valence-electron chi connectivity index (χ4n) is 0.140. The average Bonchev–Trinajstić information content (AvgIpc) is 1.68. The molecule has 0 saturated heterocycles. The Hall–Kier alpha value is 0.836. The van der Waals surface area contributed by atoms with E-state index in [1.54, 1.807) is 6.92 Å². The van der Waals surface area contributed by atoms with Crippen LogP contribution >= 0.6 is 0 Å². The largest absolute Gasteiger partial charge is 1.00 e. The average molecular weight is 148 g/mol. The van der Waals surface area contributed by atoms with Crippen LogP contribution in [0.15, 0.2) is 0 Å². The predicted molar refractivity (Wildman–Crippen MR) is 20.3 cm³/mol. The summed E-state index contributed by atoms with van der Waals surface area (Å²) in [5, 5.41) is 0. The van der Waals surface area contributed by atoms with E-state index in [9.17, 15) is 9.32 Å². The molecule has 0 aromatic carbocycles. The van der Waals surface area contributed by atoms with Crippen molar-refractivity contribution in [2.75, 3.05) is 6.61 Å². The molecule has 0 atom stereocenters. The second kappa shape index (κ2) is 7.84. The molecule has 0 aliphatic heterocycles. The Bertz CT molecular complexity index is 72.1. The summed E-state index contributed by atoms with van der Waals surface area (Å²) in [6.45, 7) is 1.68. The van der Waals surface area contributed by atoms with Crippen LogP contribution in [0.2, 0.25) is 0 Å². The third-order valence-electron chi connectivity index (χ3n) is 0.325. The van der Waals surface area contributed by atoms with Crippen LogP contribution in [0.3, 0.4) is 0 Å². The van der Waals surface area contributed by atoms with Gasteiger partial charge in [0.15, 0.2) is 0 Å². The molecule has 44 valence electrons. The van der Waals surface area contributed by atoms with Crippen molar-refractivity contribution in [2.24, 2.45) is 0 Å². The van der Waals surface area contributed by atoms with Gasteiger partial charge in [0.25, 0.3) is 0 Å². The fraction of sp³-hybridized carbons (Fsp3) is 0.667. The molecule has 0 radical (unpaired) electrons. The van der Waals surface area contributed by atoms with Crippen molar-refractivity contribution in [3.63, 3.8) is 0 Å². The predicted octanol–water partition coefficient (Wildman–Crippen LogP) is -1.84. The van der Waals surface area contributed by atoms with Crippen molar-refractivity contribution in [2.45, 2.75) is 6.92 Å². The Labute approximate surface area is 90.3 Å². The summed E-state index contributed by atoms with van der Waals surface area (Å²) in [6.07, 6.45) is -1.29. The summed E-state index contributed by atoms with van der Waals surface area (Å²) in [4.78, 5) is 12.2. The molecule has 0 unspecified atom stereocenters. The van der Waals surface area contributed by atoms with Gasteiger partial charge in [-0.2, -0.15) is 0 Å². The molecule has 0 bridgehead atoms. The molecule has 0 heterocycles. The van der Waals surface area contributed by atoms with E-state index >= 15 is 0 Å². The quantitative estimate of drug-likeness (QED) is 0.324. The van der Waals surface area contributed by atoms with Crippen LogP contribution in [0.25, 0.3) is 0 Å². The van der Waals surface area contributed by atoms with Gasteiger partial charge in [-0.15, -0.1) is 0 Å². The molecule has 0 N–H and O–H groups in total.